The highest BCUT2D eigenvalue weighted by molar-refractivity contribution is 8.00. The Morgan fingerprint density at radius 3 is 2.90 bits per heavy atom. The molecule has 7 heteroatoms. The lowest BCUT2D eigenvalue weighted by atomic mass is 10.0. The summed E-state index contributed by atoms with van der Waals surface area (Å²) in [7, 11) is 0. The fourth-order valence-corrected chi connectivity index (χ4v) is 3.82. The van der Waals surface area contributed by atoms with Crippen LogP contribution in [-0.2, 0) is 9.59 Å². The smallest absolute Gasteiger partial charge is 0.352 e. The molecule has 0 aromatic heterocycles. The molecule has 5 nitrogen and oxygen atoms in total. The molecule has 1 amide bonds. The van der Waals surface area contributed by atoms with Crippen LogP contribution in [0, 0.1) is 0 Å². The zero-order valence-corrected chi connectivity index (χ0v) is 12.2. The Hall–Kier alpha value is -1.08. The van der Waals surface area contributed by atoms with Gasteiger partial charge in [-0.1, -0.05) is 19.8 Å². The van der Waals surface area contributed by atoms with Crippen molar-refractivity contribution in [3.05, 3.63) is 11.3 Å². The lowest BCUT2D eigenvalue weighted by molar-refractivity contribution is -0.149. The molecule has 20 heavy (non-hydrogen) atoms. The van der Waals surface area contributed by atoms with Crippen molar-refractivity contribution in [1.82, 2.24) is 10.2 Å². The number of amides is 1. The second kappa shape index (κ2) is 6.58. The van der Waals surface area contributed by atoms with Crippen LogP contribution >= 0.6 is 11.8 Å². The molecule has 112 valence electrons. The minimum Gasteiger partial charge on any atom is -0.477 e. The van der Waals surface area contributed by atoms with Gasteiger partial charge in [-0.15, -0.1) is 11.8 Å². The monoisotopic (exact) mass is 302 g/mol. The first-order chi connectivity index (χ1) is 9.61. The van der Waals surface area contributed by atoms with Gasteiger partial charge in [0.2, 0.25) is 5.91 Å². The van der Waals surface area contributed by atoms with Gasteiger partial charge in [-0.25, -0.2) is 9.18 Å². The molecule has 2 aliphatic heterocycles. The van der Waals surface area contributed by atoms with Crippen LogP contribution in [0.15, 0.2) is 11.3 Å². The summed E-state index contributed by atoms with van der Waals surface area (Å²) in [5.74, 6) is -1.15. The zero-order chi connectivity index (χ0) is 14.7. The Labute approximate surface area is 121 Å². The number of nitrogens with zero attached hydrogens (tertiary/aromatic N) is 1. The number of hydrogen-bond donors (Lipinski definition) is 2. The Bertz CT molecular complexity index is 441. The molecular formula is C13H19FN2O3S. The lowest BCUT2D eigenvalue weighted by Gasteiger charge is -2.49. The number of rotatable bonds is 7. The molecule has 0 saturated carbocycles. The minimum atomic E-state index is -1.22. The SMILES string of the molecule is CCCCCNC1C(=O)N2C(C(=O)O)=C(CF)CS[C@H]12. The van der Waals surface area contributed by atoms with Gasteiger partial charge in [0, 0.05) is 11.3 Å². The summed E-state index contributed by atoms with van der Waals surface area (Å²) >= 11 is 1.42. The maximum Gasteiger partial charge on any atom is 0.352 e. The largest absolute Gasteiger partial charge is 0.477 e. The van der Waals surface area contributed by atoms with Crippen LogP contribution in [0.25, 0.3) is 0 Å². The third-order valence-electron chi connectivity index (χ3n) is 3.56. The molecule has 0 aliphatic carbocycles. The van der Waals surface area contributed by atoms with Crippen LogP contribution < -0.4 is 5.32 Å². The summed E-state index contributed by atoms with van der Waals surface area (Å²) in [4.78, 5) is 24.5. The predicted octanol–water partition coefficient (Wildman–Crippen LogP) is 1.36. The Morgan fingerprint density at radius 1 is 1.55 bits per heavy atom. The van der Waals surface area contributed by atoms with E-state index in [2.05, 4.69) is 12.2 Å². The van der Waals surface area contributed by atoms with Gasteiger partial charge >= 0.3 is 5.97 Å². The van der Waals surface area contributed by atoms with Crippen molar-refractivity contribution in [1.29, 1.82) is 0 Å². The molecule has 0 aromatic rings. The summed E-state index contributed by atoms with van der Waals surface area (Å²) in [5.41, 5.74) is 0.0318. The molecule has 0 bridgehead atoms. The number of β-lactam (4-membered cyclic amide) rings is 1. The molecule has 2 heterocycles. The normalized spacial score (nSPS) is 25.5. The maximum atomic E-state index is 12.8. The quantitative estimate of drug-likeness (QED) is 0.549. The molecule has 1 saturated heterocycles. The second-order valence-corrected chi connectivity index (χ2v) is 6.04. The van der Waals surface area contributed by atoms with E-state index in [9.17, 15) is 14.0 Å². The Morgan fingerprint density at radius 2 is 2.30 bits per heavy atom. The second-order valence-electron chi connectivity index (χ2n) is 4.94. The third kappa shape index (κ3) is 2.69. The van der Waals surface area contributed by atoms with Gasteiger partial charge in [0.1, 0.15) is 23.8 Å². The molecule has 0 spiro atoms. The van der Waals surface area contributed by atoms with Crippen molar-refractivity contribution in [3.63, 3.8) is 0 Å². The van der Waals surface area contributed by atoms with E-state index in [0.29, 0.717) is 5.75 Å². The van der Waals surface area contributed by atoms with Crippen molar-refractivity contribution < 1.29 is 19.1 Å². The number of hydrogen-bond acceptors (Lipinski definition) is 4. The van der Waals surface area contributed by atoms with Crippen LogP contribution in [0.2, 0.25) is 0 Å². The van der Waals surface area contributed by atoms with Crippen molar-refractivity contribution in [3.8, 4) is 0 Å². The Kier molecular flexibility index (Phi) is 5.04. The van der Waals surface area contributed by atoms with E-state index in [4.69, 9.17) is 5.11 Å². The fourth-order valence-electron chi connectivity index (χ4n) is 2.47. The number of thioether (sulfide) groups is 1. The number of aliphatic carboxylic acids is 1. The molecule has 0 radical (unpaired) electrons. The van der Waals surface area contributed by atoms with Gasteiger partial charge in [0.25, 0.3) is 0 Å². The first-order valence-electron chi connectivity index (χ1n) is 6.81. The highest BCUT2D eigenvalue weighted by Crippen LogP contribution is 2.40. The van der Waals surface area contributed by atoms with E-state index in [0.717, 1.165) is 25.8 Å². The molecule has 1 unspecified atom stereocenters. The van der Waals surface area contributed by atoms with E-state index in [-0.39, 0.29) is 28.6 Å². The fraction of sp³-hybridized carbons (Fsp3) is 0.692. The summed E-state index contributed by atoms with van der Waals surface area (Å²) in [6.45, 7) is 2.03. The van der Waals surface area contributed by atoms with Crippen LogP contribution in [0.5, 0.6) is 0 Å². The lowest BCUT2D eigenvalue weighted by Crippen LogP contribution is -2.69. The van der Waals surface area contributed by atoms with E-state index in [1.165, 1.54) is 16.7 Å². The molecule has 2 rings (SSSR count). The van der Waals surface area contributed by atoms with E-state index in [1.807, 2.05) is 0 Å². The standard InChI is InChI=1S/C13H19FN2O3S/c1-2-3-4-5-15-9-11(17)16-10(13(18)19)8(6-14)7-20-12(9)16/h9,12,15H,2-7H2,1H3,(H,18,19)/t9?,12-/m1/s1. The zero-order valence-electron chi connectivity index (χ0n) is 11.4. The topological polar surface area (TPSA) is 69.6 Å². The average Bonchev–Trinajstić information content (AvgIpc) is 2.45. The van der Waals surface area contributed by atoms with Crippen molar-refractivity contribution in [2.45, 2.75) is 37.6 Å². The number of carbonyl (C=O) groups excluding carboxylic acids is 1. The summed E-state index contributed by atoms with van der Waals surface area (Å²) in [6, 6.07) is -0.340. The number of carbonyl (C=O) groups is 2. The summed E-state index contributed by atoms with van der Waals surface area (Å²) in [5, 5.41) is 12.1. The van der Waals surface area contributed by atoms with Crippen molar-refractivity contribution >= 4 is 23.6 Å². The summed E-state index contributed by atoms with van der Waals surface area (Å²) in [6.07, 6.45) is 3.20. The highest BCUT2D eigenvalue weighted by atomic mass is 32.2. The van der Waals surface area contributed by atoms with Crippen LogP contribution in [-0.4, -0.2) is 52.3 Å². The van der Waals surface area contributed by atoms with Crippen LogP contribution in [0.4, 0.5) is 4.39 Å². The number of nitrogens with one attached hydrogen (secondary N) is 1. The van der Waals surface area contributed by atoms with Gasteiger partial charge in [-0.2, -0.15) is 0 Å². The van der Waals surface area contributed by atoms with Gasteiger partial charge in [0.15, 0.2) is 0 Å². The molecule has 2 aliphatic rings. The number of unbranched alkanes of at least 4 members (excludes halogenated alkanes) is 2. The number of fused-ring (bicyclic) bond motifs is 1. The number of alkyl halides is 1. The molecule has 0 aromatic carbocycles. The number of halogens is 1. The van der Waals surface area contributed by atoms with E-state index in [1.54, 1.807) is 0 Å². The maximum absolute atomic E-state index is 12.8. The van der Waals surface area contributed by atoms with Crippen molar-refractivity contribution in [2.75, 3.05) is 19.0 Å². The molecule has 2 atom stereocenters. The van der Waals surface area contributed by atoms with Gasteiger partial charge in [0.05, 0.1) is 0 Å². The summed E-state index contributed by atoms with van der Waals surface area (Å²) < 4.78 is 12.8. The number of carboxylic acid groups (broad SMARTS) is 1. The molecule has 1 fully saturated rings. The first-order valence-corrected chi connectivity index (χ1v) is 7.86. The predicted molar refractivity (Wildman–Crippen MR) is 75.0 cm³/mol. The van der Waals surface area contributed by atoms with E-state index < -0.39 is 12.6 Å². The molecular weight excluding hydrogens is 283 g/mol. The van der Waals surface area contributed by atoms with Gasteiger partial charge in [-0.3, -0.25) is 9.69 Å². The Balaban J connectivity index is 2.01. The highest BCUT2D eigenvalue weighted by Gasteiger charge is 2.53. The minimum absolute atomic E-state index is 0.159. The van der Waals surface area contributed by atoms with Crippen LogP contribution in [0.3, 0.4) is 0 Å². The first kappa shape index (κ1) is 15.3. The average molecular weight is 302 g/mol. The number of carboxylic acids is 1. The molecule has 2 N–H and O–H groups in total. The van der Waals surface area contributed by atoms with Gasteiger partial charge < -0.3 is 10.4 Å². The van der Waals surface area contributed by atoms with Crippen molar-refractivity contribution in [2.24, 2.45) is 0 Å². The van der Waals surface area contributed by atoms with E-state index >= 15 is 0 Å². The van der Waals surface area contributed by atoms with Crippen LogP contribution in [0.1, 0.15) is 26.2 Å². The third-order valence-corrected chi connectivity index (χ3v) is 4.90. The van der Waals surface area contributed by atoms with Gasteiger partial charge in [-0.05, 0) is 13.0 Å².